The van der Waals surface area contributed by atoms with Crippen molar-refractivity contribution in [2.45, 2.75) is 12.7 Å². The summed E-state index contributed by atoms with van der Waals surface area (Å²) in [4.78, 5) is 23.1. The maximum absolute atomic E-state index is 12.7. The predicted molar refractivity (Wildman–Crippen MR) is 101 cm³/mol. The molecule has 0 radical (unpaired) electrons. The number of halogens is 3. The van der Waals surface area contributed by atoms with Gasteiger partial charge in [-0.25, -0.2) is 0 Å². The third kappa shape index (κ3) is 7.07. The fraction of sp³-hybridized carbons (Fsp3) is 0.316. The smallest absolute Gasteiger partial charge is 0.378 e. The van der Waals surface area contributed by atoms with Gasteiger partial charge in [-0.1, -0.05) is 30.3 Å². The number of hydrogen-bond acceptors (Lipinski definition) is 4. The van der Waals surface area contributed by atoms with Crippen LogP contribution in [0.3, 0.4) is 0 Å². The first-order chi connectivity index (χ1) is 13.7. The Hall–Kier alpha value is -3.14. The Morgan fingerprint density at radius 1 is 1.14 bits per heavy atom. The van der Waals surface area contributed by atoms with Crippen molar-refractivity contribution in [1.82, 2.24) is 5.32 Å². The third-order valence-corrected chi connectivity index (χ3v) is 4.10. The van der Waals surface area contributed by atoms with E-state index in [-0.39, 0.29) is 31.2 Å². The standard InChI is InChI=1S/C19H21F3N4O3/c1-25(12-14-5-3-2-4-6-14)13-18(27)24-10-9-23-16-8-7-15(19(20,21)22)11-17(16)26(28)29/h2-8,11,23H,9-10,12-13H2,1H3,(H,24,27)/p+1. The molecule has 1 unspecified atom stereocenters. The number of rotatable bonds is 9. The number of alkyl halides is 3. The number of benzene rings is 2. The van der Waals surface area contributed by atoms with E-state index in [1.807, 2.05) is 37.4 Å². The predicted octanol–water partition coefficient (Wildman–Crippen LogP) is 1.86. The van der Waals surface area contributed by atoms with E-state index in [1.54, 1.807) is 0 Å². The minimum Gasteiger partial charge on any atom is -0.378 e. The lowest BCUT2D eigenvalue weighted by Crippen LogP contribution is -3.08. The molecule has 29 heavy (non-hydrogen) atoms. The number of nitro benzene ring substituents is 1. The highest BCUT2D eigenvalue weighted by Gasteiger charge is 2.33. The van der Waals surface area contributed by atoms with E-state index < -0.39 is 22.4 Å². The number of nitrogens with zero attached hydrogens (tertiary/aromatic N) is 1. The van der Waals surface area contributed by atoms with Gasteiger partial charge in [-0.2, -0.15) is 13.2 Å². The zero-order chi connectivity index (χ0) is 21.4. The average molecular weight is 411 g/mol. The topological polar surface area (TPSA) is 88.7 Å². The van der Waals surface area contributed by atoms with Gasteiger partial charge in [-0.15, -0.1) is 0 Å². The van der Waals surface area contributed by atoms with Gasteiger partial charge < -0.3 is 15.5 Å². The fourth-order valence-electron chi connectivity index (χ4n) is 2.75. The lowest BCUT2D eigenvalue weighted by atomic mass is 10.1. The molecule has 7 nitrogen and oxygen atoms in total. The molecule has 10 heteroatoms. The quantitative estimate of drug-likeness (QED) is 0.334. The van der Waals surface area contributed by atoms with Gasteiger partial charge in [-0.05, 0) is 12.1 Å². The lowest BCUT2D eigenvalue weighted by molar-refractivity contribution is -0.885. The molecule has 0 aliphatic heterocycles. The number of carbonyl (C=O) groups is 1. The van der Waals surface area contributed by atoms with Crippen LogP contribution in [0.25, 0.3) is 0 Å². The molecule has 0 aliphatic rings. The van der Waals surface area contributed by atoms with Crippen LogP contribution in [-0.2, 0) is 17.5 Å². The molecule has 1 amide bonds. The van der Waals surface area contributed by atoms with Crippen LogP contribution in [0.4, 0.5) is 24.5 Å². The van der Waals surface area contributed by atoms with Crippen LogP contribution in [-0.4, -0.2) is 37.5 Å². The van der Waals surface area contributed by atoms with E-state index in [0.717, 1.165) is 22.6 Å². The zero-order valence-corrected chi connectivity index (χ0v) is 15.8. The summed E-state index contributed by atoms with van der Waals surface area (Å²) in [5, 5.41) is 16.4. The van der Waals surface area contributed by atoms with Crippen molar-refractivity contribution in [2.24, 2.45) is 0 Å². The van der Waals surface area contributed by atoms with Gasteiger partial charge >= 0.3 is 6.18 Å². The van der Waals surface area contributed by atoms with Crippen LogP contribution in [0.1, 0.15) is 11.1 Å². The lowest BCUT2D eigenvalue weighted by Gasteiger charge is -2.14. The molecule has 0 bridgehead atoms. The Labute approximate surface area is 165 Å². The normalized spacial score (nSPS) is 12.3. The van der Waals surface area contributed by atoms with E-state index >= 15 is 0 Å². The van der Waals surface area contributed by atoms with Crippen LogP contribution in [0.2, 0.25) is 0 Å². The molecule has 2 aromatic carbocycles. The van der Waals surface area contributed by atoms with Gasteiger partial charge in [0.05, 0.1) is 17.5 Å². The molecule has 0 fully saturated rings. The van der Waals surface area contributed by atoms with Crippen molar-refractivity contribution in [2.75, 3.05) is 32.0 Å². The minimum absolute atomic E-state index is 0.0379. The van der Waals surface area contributed by atoms with E-state index in [0.29, 0.717) is 12.6 Å². The van der Waals surface area contributed by atoms with Crippen LogP contribution >= 0.6 is 0 Å². The largest absolute Gasteiger partial charge is 0.416 e. The van der Waals surface area contributed by atoms with Crippen LogP contribution in [0.5, 0.6) is 0 Å². The van der Waals surface area contributed by atoms with Gasteiger partial charge in [0, 0.05) is 24.7 Å². The number of hydrogen-bond donors (Lipinski definition) is 3. The molecule has 156 valence electrons. The number of amides is 1. The first kappa shape index (κ1) is 22.2. The summed E-state index contributed by atoms with van der Waals surface area (Å²) in [6.45, 7) is 1.24. The zero-order valence-electron chi connectivity index (χ0n) is 15.8. The first-order valence-corrected chi connectivity index (χ1v) is 8.88. The van der Waals surface area contributed by atoms with Crippen LogP contribution in [0.15, 0.2) is 48.5 Å². The van der Waals surface area contributed by atoms with E-state index in [4.69, 9.17) is 0 Å². The van der Waals surface area contributed by atoms with Crippen molar-refractivity contribution in [3.8, 4) is 0 Å². The Balaban J connectivity index is 1.81. The number of carbonyl (C=O) groups excluding carboxylic acids is 1. The molecule has 0 spiro atoms. The summed E-state index contributed by atoms with van der Waals surface area (Å²) >= 11 is 0. The second-order valence-corrected chi connectivity index (χ2v) is 6.56. The van der Waals surface area contributed by atoms with E-state index in [9.17, 15) is 28.1 Å². The van der Waals surface area contributed by atoms with Gasteiger partial charge in [0.25, 0.3) is 11.6 Å². The van der Waals surface area contributed by atoms with Crippen molar-refractivity contribution in [3.05, 3.63) is 69.8 Å². The number of likely N-dealkylation sites (N-methyl/N-ethyl adjacent to an activating group) is 1. The Morgan fingerprint density at radius 2 is 1.83 bits per heavy atom. The maximum atomic E-state index is 12.7. The monoisotopic (exact) mass is 411 g/mol. The average Bonchev–Trinajstić information content (AvgIpc) is 2.65. The second kappa shape index (κ2) is 9.87. The van der Waals surface area contributed by atoms with Crippen LogP contribution in [0, 0.1) is 10.1 Å². The third-order valence-electron chi connectivity index (χ3n) is 4.10. The Bertz CT molecular complexity index is 844. The van der Waals surface area contributed by atoms with Crippen molar-refractivity contribution < 1.29 is 27.8 Å². The van der Waals surface area contributed by atoms with E-state index in [2.05, 4.69) is 10.6 Å². The Morgan fingerprint density at radius 3 is 2.45 bits per heavy atom. The summed E-state index contributed by atoms with van der Waals surface area (Å²) in [5.74, 6) is -0.192. The first-order valence-electron chi connectivity index (χ1n) is 8.88. The highest BCUT2D eigenvalue weighted by Crippen LogP contribution is 2.34. The summed E-state index contributed by atoms with van der Waals surface area (Å²) in [6, 6.07) is 12.0. The van der Waals surface area contributed by atoms with Gasteiger partial charge in [0.2, 0.25) is 0 Å². The van der Waals surface area contributed by atoms with Gasteiger partial charge in [-0.3, -0.25) is 14.9 Å². The highest BCUT2D eigenvalue weighted by molar-refractivity contribution is 5.76. The van der Waals surface area contributed by atoms with Gasteiger partial charge in [0.15, 0.2) is 6.54 Å². The summed E-state index contributed by atoms with van der Waals surface area (Å²) in [5.41, 5.74) is -0.691. The van der Waals surface area contributed by atoms with E-state index in [1.165, 1.54) is 0 Å². The summed E-state index contributed by atoms with van der Waals surface area (Å²) in [6.07, 6.45) is -4.66. The molecule has 0 saturated heterocycles. The fourth-order valence-corrected chi connectivity index (χ4v) is 2.75. The maximum Gasteiger partial charge on any atom is 0.416 e. The second-order valence-electron chi connectivity index (χ2n) is 6.56. The van der Waals surface area contributed by atoms with Crippen molar-refractivity contribution in [1.29, 1.82) is 0 Å². The van der Waals surface area contributed by atoms with Crippen molar-refractivity contribution >= 4 is 17.3 Å². The number of nitrogens with one attached hydrogen (secondary N) is 3. The molecule has 1 atom stereocenters. The summed E-state index contributed by atoms with van der Waals surface area (Å²) in [7, 11) is 1.89. The van der Waals surface area contributed by atoms with Crippen LogP contribution < -0.4 is 15.5 Å². The SMILES string of the molecule is C[NH+](CC(=O)NCCNc1ccc(C(F)(F)F)cc1[N+](=O)[O-])Cc1ccccc1. The molecule has 2 aromatic rings. The molecule has 0 saturated carbocycles. The highest BCUT2D eigenvalue weighted by atomic mass is 19.4. The molecule has 0 heterocycles. The number of anilines is 1. The number of quaternary nitrogens is 1. The number of nitro groups is 1. The molecule has 2 rings (SSSR count). The molecule has 3 N–H and O–H groups in total. The molecule has 0 aliphatic carbocycles. The van der Waals surface area contributed by atoms with Crippen molar-refractivity contribution in [3.63, 3.8) is 0 Å². The summed E-state index contributed by atoms with van der Waals surface area (Å²) < 4.78 is 38.1. The minimum atomic E-state index is -4.66. The molecular weight excluding hydrogens is 389 g/mol. The molecular formula is C19H22F3N4O3+. The van der Waals surface area contributed by atoms with Gasteiger partial charge in [0.1, 0.15) is 12.2 Å². The Kier molecular flexibility index (Phi) is 7.54. The molecule has 0 aromatic heterocycles.